The fourth-order valence-electron chi connectivity index (χ4n) is 3.68. The van der Waals surface area contributed by atoms with Gasteiger partial charge in [0.15, 0.2) is 0 Å². The molecule has 4 aromatic rings. The van der Waals surface area contributed by atoms with Crippen molar-refractivity contribution in [3.63, 3.8) is 0 Å². The predicted molar refractivity (Wildman–Crippen MR) is 131 cm³/mol. The molecular weight excluding hydrogens is 453 g/mol. The van der Waals surface area contributed by atoms with Crippen molar-refractivity contribution in [2.24, 2.45) is 0 Å². The molecule has 0 aliphatic heterocycles. The maximum atomic E-state index is 13.5. The summed E-state index contributed by atoms with van der Waals surface area (Å²) in [5, 5.41) is 7.70. The van der Waals surface area contributed by atoms with E-state index in [0.717, 1.165) is 23.8 Å². The number of nitrogens with one attached hydrogen (secondary N) is 2. The number of halogens is 2. The molecule has 3 aromatic carbocycles. The summed E-state index contributed by atoms with van der Waals surface area (Å²) in [4.78, 5) is 30.2. The molecular formula is C27H23ClFN3O2. The van der Waals surface area contributed by atoms with Crippen LogP contribution in [0.1, 0.15) is 33.9 Å². The summed E-state index contributed by atoms with van der Waals surface area (Å²) in [7, 11) is 0. The number of pyridine rings is 1. The zero-order valence-electron chi connectivity index (χ0n) is 18.3. The highest BCUT2D eigenvalue weighted by Crippen LogP contribution is 2.20. The molecule has 34 heavy (non-hydrogen) atoms. The Balaban J connectivity index is 1.46. The third-order valence-corrected chi connectivity index (χ3v) is 5.72. The molecule has 1 atom stereocenters. The van der Waals surface area contributed by atoms with Crippen LogP contribution in [0.3, 0.4) is 0 Å². The van der Waals surface area contributed by atoms with E-state index in [9.17, 15) is 14.0 Å². The molecule has 172 valence electrons. The summed E-state index contributed by atoms with van der Waals surface area (Å²) in [5.74, 6) is -1.06. The zero-order valence-corrected chi connectivity index (χ0v) is 19.1. The molecule has 0 spiro atoms. The number of nitrogens with zero attached hydrogens (tertiary/aromatic N) is 1. The van der Waals surface area contributed by atoms with E-state index in [4.69, 9.17) is 11.6 Å². The van der Waals surface area contributed by atoms with Crippen LogP contribution >= 0.6 is 11.6 Å². The molecule has 0 unspecified atom stereocenters. The Morgan fingerprint density at radius 2 is 1.74 bits per heavy atom. The maximum Gasteiger partial charge on any atom is 0.252 e. The fraction of sp³-hybridized carbons (Fsp3) is 0.148. The molecule has 5 nitrogen and oxygen atoms in total. The maximum absolute atomic E-state index is 13.5. The van der Waals surface area contributed by atoms with Crippen molar-refractivity contribution in [1.82, 2.24) is 15.6 Å². The lowest BCUT2D eigenvalue weighted by atomic mass is 10.0. The minimum absolute atomic E-state index is 0.315. The number of hydrogen-bond donors (Lipinski definition) is 2. The van der Waals surface area contributed by atoms with Crippen molar-refractivity contribution in [3.8, 4) is 0 Å². The lowest BCUT2D eigenvalue weighted by molar-refractivity contribution is -0.123. The molecule has 1 aromatic heterocycles. The molecule has 0 saturated carbocycles. The Bertz CT molecular complexity index is 1300. The van der Waals surface area contributed by atoms with E-state index in [1.807, 2.05) is 12.1 Å². The highest BCUT2D eigenvalue weighted by molar-refractivity contribution is 6.30. The Morgan fingerprint density at radius 3 is 2.50 bits per heavy atom. The smallest absolute Gasteiger partial charge is 0.252 e. The number of hydrogen-bond acceptors (Lipinski definition) is 3. The van der Waals surface area contributed by atoms with Gasteiger partial charge in [-0.1, -0.05) is 41.9 Å². The van der Waals surface area contributed by atoms with Crippen LogP contribution in [-0.4, -0.2) is 23.3 Å². The molecule has 0 radical (unpaired) electrons. The van der Waals surface area contributed by atoms with Gasteiger partial charge in [0.2, 0.25) is 5.91 Å². The van der Waals surface area contributed by atoms with Gasteiger partial charge in [-0.3, -0.25) is 14.6 Å². The summed E-state index contributed by atoms with van der Waals surface area (Å²) in [6.45, 7) is 0.454. The summed E-state index contributed by atoms with van der Waals surface area (Å²) >= 11 is 6.01. The van der Waals surface area contributed by atoms with E-state index in [-0.39, 0.29) is 11.7 Å². The zero-order chi connectivity index (χ0) is 23.9. The summed E-state index contributed by atoms with van der Waals surface area (Å²) in [6, 6.07) is 19.1. The topological polar surface area (TPSA) is 71.1 Å². The third kappa shape index (κ3) is 5.97. The van der Waals surface area contributed by atoms with Crippen LogP contribution in [0, 0.1) is 5.82 Å². The van der Waals surface area contributed by atoms with E-state index < -0.39 is 11.9 Å². The van der Waals surface area contributed by atoms with Gasteiger partial charge in [-0.15, -0.1) is 0 Å². The van der Waals surface area contributed by atoms with E-state index >= 15 is 0 Å². The number of benzene rings is 3. The molecule has 0 aliphatic rings. The lowest BCUT2D eigenvalue weighted by Crippen LogP contribution is -2.40. The fourth-order valence-corrected chi connectivity index (χ4v) is 3.81. The first-order valence-electron chi connectivity index (χ1n) is 10.9. The summed E-state index contributed by atoms with van der Waals surface area (Å²) < 4.78 is 13.5. The van der Waals surface area contributed by atoms with Gasteiger partial charge in [0.05, 0.1) is 0 Å². The molecule has 0 aliphatic carbocycles. The van der Waals surface area contributed by atoms with Crippen molar-refractivity contribution < 1.29 is 14.0 Å². The van der Waals surface area contributed by atoms with Gasteiger partial charge < -0.3 is 10.6 Å². The summed E-state index contributed by atoms with van der Waals surface area (Å²) in [6.07, 6.45) is 5.04. The first-order valence-corrected chi connectivity index (χ1v) is 11.3. The second-order valence-corrected chi connectivity index (χ2v) is 8.36. The first kappa shape index (κ1) is 23.4. The Labute approximate surface area is 202 Å². The van der Waals surface area contributed by atoms with Gasteiger partial charge in [0.25, 0.3) is 5.91 Å². The average molecular weight is 476 g/mol. The first-order chi connectivity index (χ1) is 16.5. The Hall–Kier alpha value is -3.77. The molecule has 2 N–H and O–H groups in total. The van der Waals surface area contributed by atoms with Crippen LogP contribution in [0.25, 0.3) is 10.8 Å². The van der Waals surface area contributed by atoms with Gasteiger partial charge >= 0.3 is 0 Å². The van der Waals surface area contributed by atoms with E-state index in [0.29, 0.717) is 28.1 Å². The van der Waals surface area contributed by atoms with E-state index in [2.05, 4.69) is 15.6 Å². The number of carbonyl (C=O) groups excluding carboxylic acids is 2. The normalized spacial score (nSPS) is 11.7. The number of aromatic nitrogens is 1. The predicted octanol–water partition coefficient (Wildman–Crippen LogP) is 5.25. The monoisotopic (exact) mass is 475 g/mol. The highest BCUT2D eigenvalue weighted by atomic mass is 35.5. The standard InChI is InChI=1S/C27H23ClFN3O2/c28-23-10-7-19(8-11-23)25(27(34)31-14-2-4-18-3-1-13-30-17-18)32-26(33)22-6-5-21-16-24(29)12-9-20(21)15-22/h1,3,5-13,15-17,25H,2,4,14H2,(H,31,34)(H,32,33)/t25-/m0/s1. The highest BCUT2D eigenvalue weighted by Gasteiger charge is 2.23. The van der Waals surface area contributed by atoms with Gasteiger partial charge in [-0.2, -0.15) is 0 Å². The Kier molecular flexibility index (Phi) is 7.50. The second-order valence-electron chi connectivity index (χ2n) is 7.92. The minimum atomic E-state index is -0.896. The van der Waals surface area contributed by atoms with Gasteiger partial charge in [0.1, 0.15) is 11.9 Å². The number of amides is 2. The number of carbonyl (C=O) groups is 2. The second kappa shape index (κ2) is 10.9. The minimum Gasteiger partial charge on any atom is -0.354 e. The molecule has 1 heterocycles. The van der Waals surface area contributed by atoms with Crippen LogP contribution in [0.4, 0.5) is 4.39 Å². The van der Waals surface area contributed by atoms with Crippen molar-refractivity contribution in [1.29, 1.82) is 0 Å². The largest absolute Gasteiger partial charge is 0.354 e. The van der Waals surface area contributed by atoms with Crippen molar-refractivity contribution in [2.45, 2.75) is 18.9 Å². The Morgan fingerprint density at radius 1 is 0.971 bits per heavy atom. The number of fused-ring (bicyclic) bond motifs is 1. The molecule has 7 heteroatoms. The number of rotatable bonds is 8. The van der Waals surface area contributed by atoms with E-state index in [1.54, 1.807) is 60.9 Å². The average Bonchev–Trinajstić information content (AvgIpc) is 2.86. The third-order valence-electron chi connectivity index (χ3n) is 5.47. The quantitative estimate of drug-likeness (QED) is 0.342. The summed E-state index contributed by atoms with van der Waals surface area (Å²) in [5.41, 5.74) is 2.09. The molecule has 2 amide bonds. The molecule has 0 bridgehead atoms. The molecule has 0 fully saturated rings. The van der Waals surface area contributed by atoms with Crippen molar-refractivity contribution in [2.75, 3.05) is 6.54 Å². The van der Waals surface area contributed by atoms with Gasteiger partial charge in [0, 0.05) is 29.5 Å². The van der Waals surface area contributed by atoms with Gasteiger partial charge in [-0.25, -0.2) is 4.39 Å². The van der Waals surface area contributed by atoms with Crippen molar-refractivity contribution >= 4 is 34.2 Å². The molecule has 0 saturated heterocycles. The molecule has 4 rings (SSSR count). The van der Waals surface area contributed by atoms with E-state index in [1.165, 1.54) is 12.1 Å². The lowest BCUT2D eigenvalue weighted by Gasteiger charge is -2.19. The van der Waals surface area contributed by atoms with Crippen LogP contribution in [0.5, 0.6) is 0 Å². The van der Waals surface area contributed by atoms with Crippen LogP contribution in [-0.2, 0) is 11.2 Å². The van der Waals surface area contributed by atoms with Crippen molar-refractivity contribution in [3.05, 3.63) is 113 Å². The van der Waals surface area contributed by atoms with Crippen LogP contribution in [0.15, 0.2) is 85.2 Å². The SMILES string of the molecule is O=C(N[C@H](C(=O)NCCCc1cccnc1)c1ccc(Cl)cc1)c1ccc2cc(F)ccc2c1. The van der Waals surface area contributed by atoms with Crippen LogP contribution < -0.4 is 10.6 Å². The van der Waals surface area contributed by atoms with Crippen LogP contribution in [0.2, 0.25) is 5.02 Å². The number of aryl methyl sites for hydroxylation is 1. The van der Waals surface area contributed by atoms with Gasteiger partial charge in [-0.05, 0) is 77.2 Å².